The van der Waals surface area contributed by atoms with Crippen LogP contribution in [0.4, 0.5) is 10.1 Å². The Balaban J connectivity index is 1.98. The van der Waals surface area contributed by atoms with Crippen LogP contribution in [0.3, 0.4) is 0 Å². The van der Waals surface area contributed by atoms with E-state index < -0.39 is 0 Å². The molecular formula is C22H29FN4O. The Bertz CT molecular complexity index is 807. The highest BCUT2D eigenvalue weighted by Crippen LogP contribution is 2.13. The fourth-order valence-electron chi connectivity index (χ4n) is 2.54. The number of hydrogen-bond donors (Lipinski definition) is 3. The molecule has 0 aliphatic rings. The maximum atomic E-state index is 13.3. The third-order valence-electron chi connectivity index (χ3n) is 4.37. The maximum absolute atomic E-state index is 13.3. The molecule has 0 saturated carbocycles. The fraction of sp³-hybridized carbons (Fsp3) is 0.364. The van der Waals surface area contributed by atoms with Gasteiger partial charge in [-0.1, -0.05) is 38.1 Å². The molecule has 1 amide bonds. The average molecular weight is 384 g/mol. The largest absolute Gasteiger partial charge is 0.357 e. The van der Waals surface area contributed by atoms with Crippen molar-refractivity contribution in [1.29, 1.82) is 0 Å². The molecule has 0 saturated heterocycles. The summed E-state index contributed by atoms with van der Waals surface area (Å²) >= 11 is 0. The van der Waals surface area contributed by atoms with Crippen molar-refractivity contribution in [3.63, 3.8) is 0 Å². The molecule has 2 rings (SSSR count). The van der Waals surface area contributed by atoms with E-state index in [4.69, 9.17) is 0 Å². The summed E-state index contributed by atoms with van der Waals surface area (Å²) in [7, 11) is 0. The smallest absolute Gasteiger partial charge is 0.227 e. The zero-order valence-electron chi connectivity index (χ0n) is 16.8. The van der Waals surface area contributed by atoms with E-state index in [2.05, 4.69) is 20.9 Å². The highest BCUT2D eigenvalue weighted by molar-refractivity contribution is 5.92. The number of hydrogen-bond acceptors (Lipinski definition) is 2. The summed E-state index contributed by atoms with van der Waals surface area (Å²) in [5.41, 5.74) is 2.62. The number of benzene rings is 2. The van der Waals surface area contributed by atoms with Crippen LogP contribution in [0.2, 0.25) is 0 Å². The summed E-state index contributed by atoms with van der Waals surface area (Å²) in [6.07, 6.45) is 0.806. The topological polar surface area (TPSA) is 65.5 Å². The van der Waals surface area contributed by atoms with Gasteiger partial charge in [-0.25, -0.2) is 9.38 Å². The van der Waals surface area contributed by atoms with Gasteiger partial charge in [0.05, 0.1) is 6.54 Å². The molecule has 28 heavy (non-hydrogen) atoms. The van der Waals surface area contributed by atoms with Crippen molar-refractivity contribution in [1.82, 2.24) is 10.6 Å². The van der Waals surface area contributed by atoms with E-state index in [9.17, 15) is 9.18 Å². The summed E-state index contributed by atoms with van der Waals surface area (Å²) < 4.78 is 13.3. The second kappa shape index (κ2) is 11.1. The molecule has 0 heterocycles. The summed E-state index contributed by atoms with van der Waals surface area (Å²) in [5.74, 6) is 0.400. The second-order valence-electron chi connectivity index (χ2n) is 6.68. The van der Waals surface area contributed by atoms with Crippen LogP contribution in [0, 0.1) is 11.7 Å². The first-order valence-corrected chi connectivity index (χ1v) is 9.68. The molecule has 2 aromatic carbocycles. The molecule has 150 valence electrons. The van der Waals surface area contributed by atoms with Crippen molar-refractivity contribution in [2.75, 3.05) is 11.9 Å². The second-order valence-corrected chi connectivity index (χ2v) is 6.68. The molecule has 6 heteroatoms. The Morgan fingerprint density at radius 2 is 1.82 bits per heavy atom. The Morgan fingerprint density at radius 1 is 1.07 bits per heavy atom. The Hall–Kier alpha value is -2.89. The first-order valence-electron chi connectivity index (χ1n) is 9.68. The van der Waals surface area contributed by atoms with Gasteiger partial charge in [0.2, 0.25) is 5.91 Å². The highest BCUT2D eigenvalue weighted by atomic mass is 19.1. The predicted octanol–water partition coefficient (Wildman–Crippen LogP) is 4.07. The number of halogens is 1. The van der Waals surface area contributed by atoms with Crippen LogP contribution >= 0.6 is 0 Å². The molecule has 0 aromatic heterocycles. The number of rotatable bonds is 8. The first kappa shape index (κ1) is 21.4. The summed E-state index contributed by atoms with van der Waals surface area (Å²) in [5, 5.41) is 9.40. The van der Waals surface area contributed by atoms with Crippen molar-refractivity contribution in [2.45, 2.75) is 40.3 Å². The third-order valence-corrected chi connectivity index (χ3v) is 4.37. The quantitative estimate of drug-likeness (QED) is 0.475. The van der Waals surface area contributed by atoms with Crippen molar-refractivity contribution in [3.8, 4) is 0 Å². The molecule has 1 atom stereocenters. The van der Waals surface area contributed by atoms with Gasteiger partial charge in [-0.2, -0.15) is 0 Å². The third kappa shape index (κ3) is 7.02. The van der Waals surface area contributed by atoms with Gasteiger partial charge in [-0.05, 0) is 48.7 Å². The summed E-state index contributed by atoms with van der Waals surface area (Å²) in [4.78, 5) is 16.6. The number of carbonyl (C=O) groups excluding carboxylic acids is 1. The first-order chi connectivity index (χ1) is 13.5. The molecule has 0 spiro atoms. The Morgan fingerprint density at radius 3 is 2.54 bits per heavy atom. The van der Waals surface area contributed by atoms with Crippen LogP contribution in [-0.2, 0) is 17.9 Å². The van der Waals surface area contributed by atoms with Gasteiger partial charge < -0.3 is 16.0 Å². The van der Waals surface area contributed by atoms with Crippen LogP contribution in [0.25, 0.3) is 0 Å². The standard InChI is InChI=1S/C22H29FN4O/c1-4-16(3)21(28)27-20-11-7-9-18(13-20)15-26-22(24-5-2)25-14-17-8-6-10-19(23)12-17/h6-13,16H,4-5,14-15H2,1-3H3,(H,27,28)(H2,24,25,26). The molecule has 2 aromatic rings. The molecule has 0 aliphatic carbocycles. The van der Waals surface area contributed by atoms with E-state index in [-0.39, 0.29) is 17.6 Å². The van der Waals surface area contributed by atoms with Gasteiger partial charge in [0.15, 0.2) is 5.96 Å². The van der Waals surface area contributed by atoms with Gasteiger partial charge >= 0.3 is 0 Å². The van der Waals surface area contributed by atoms with Crippen molar-refractivity contribution in [2.24, 2.45) is 10.9 Å². The molecule has 0 radical (unpaired) electrons. The number of nitrogens with zero attached hydrogens (tertiary/aromatic N) is 1. The molecule has 1 unspecified atom stereocenters. The normalized spacial score (nSPS) is 12.4. The summed E-state index contributed by atoms with van der Waals surface area (Å²) in [6.45, 7) is 7.57. The minimum absolute atomic E-state index is 0.0166. The summed E-state index contributed by atoms with van der Waals surface area (Å²) in [6, 6.07) is 14.2. The zero-order chi connectivity index (χ0) is 20.4. The lowest BCUT2D eigenvalue weighted by atomic mass is 10.1. The van der Waals surface area contributed by atoms with Gasteiger partial charge in [0.1, 0.15) is 5.82 Å². The number of guanidine groups is 1. The number of amides is 1. The monoisotopic (exact) mass is 384 g/mol. The van der Waals surface area contributed by atoms with Gasteiger partial charge in [-0.15, -0.1) is 0 Å². The van der Waals surface area contributed by atoms with Crippen LogP contribution in [0.15, 0.2) is 53.5 Å². The van der Waals surface area contributed by atoms with E-state index in [1.807, 2.05) is 51.1 Å². The van der Waals surface area contributed by atoms with E-state index in [1.165, 1.54) is 12.1 Å². The van der Waals surface area contributed by atoms with Crippen LogP contribution in [0.5, 0.6) is 0 Å². The van der Waals surface area contributed by atoms with Gasteiger partial charge in [-0.3, -0.25) is 4.79 Å². The minimum Gasteiger partial charge on any atom is -0.357 e. The lowest BCUT2D eigenvalue weighted by Gasteiger charge is -2.13. The zero-order valence-corrected chi connectivity index (χ0v) is 16.8. The molecule has 0 aliphatic heterocycles. The van der Waals surface area contributed by atoms with Crippen molar-refractivity contribution >= 4 is 17.6 Å². The number of anilines is 1. The highest BCUT2D eigenvalue weighted by Gasteiger charge is 2.10. The van der Waals surface area contributed by atoms with E-state index in [0.29, 0.717) is 19.0 Å². The lowest BCUT2D eigenvalue weighted by Crippen LogP contribution is -2.36. The predicted molar refractivity (Wildman–Crippen MR) is 113 cm³/mol. The number of nitrogens with one attached hydrogen (secondary N) is 3. The van der Waals surface area contributed by atoms with E-state index >= 15 is 0 Å². The molecule has 5 nitrogen and oxygen atoms in total. The molecule has 0 fully saturated rings. The van der Waals surface area contributed by atoms with Crippen LogP contribution in [-0.4, -0.2) is 18.4 Å². The van der Waals surface area contributed by atoms with Gasteiger partial charge in [0, 0.05) is 24.7 Å². The Kier molecular flexibility index (Phi) is 8.46. The molecule has 3 N–H and O–H groups in total. The van der Waals surface area contributed by atoms with Crippen molar-refractivity contribution < 1.29 is 9.18 Å². The lowest BCUT2D eigenvalue weighted by molar-refractivity contribution is -0.119. The number of carbonyl (C=O) groups is 1. The van der Waals surface area contributed by atoms with Crippen LogP contribution < -0.4 is 16.0 Å². The van der Waals surface area contributed by atoms with Crippen molar-refractivity contribution in [3.05, 3.63) is 65.5 Å². The van der Waals surface area contributed by atoms with E-state index in [1.54, 1.807) is 6.07 Å². The minimum atomic E-state index is -0.262. The Labute approximate surface area is 166 Å². The van der Waals surface area contributed by atoms with Crippen LogP contribution in [0.1, 0.15) is 38.3 Å². The molecule has 0 bridgehead atoms. The fourth-order valence-corrected chi connectivity index (χ4v) is 2.54. The molecular weight excluding hydrogens is 355 g/mol. The number of aliphatic imine (C=N–C) groups is 1. The van der Waals surface area contributed by atoms with E-state index in [0.717, 1.165) is 29.8 Å². The maximum Gasteiger partial charge on any atom is 0.227 e. The van der Waals surface area contributed by atoms with Gasteiger partial charge in [0.25, 0.3) is 0 Å². The average Bonchev–Trinajstić information content (AvgIpc) is 2.69. The SMILES string of the molecule is CCNC(=NCc1cccc(F)c1)NCc1cccc(NC(=O)C(C)CC)c1.